The van der Waals surface area contributed by atoms with Crippen molar-refractivity contribution >= 4 is 0 Å². The minimum atomic E-state index is -0.253. The Bertz CT molecular complexity index is 855. The van der Waals surface area contributed by atoms with Crippen LogP contribution in [0.15, 0.2) is 35.1 Å². The van der Waals surface area contributed by atoms with Crippen LogP contribution < -0.4 is 10.3 Å². The average Bonchev–Trinajstić information content (AvgIpc) is 3.09. The van der Waals surface area contributed by atoms with Crippen molar-refractivity contribution in [3.63, 3.8) is 0 Å². The maximum absolute atomic E-state index is 12.2. The van der Waals surface area contributed by atoms with Gasteiger partial charge in [0.25, 0.3) is 5.56 Å². The normalized spacial score (nSPS) is 10.7. The van der Waals surface area contributed by atoms with Gasteiger partial charge in [0.15, 0.2) is 0 Å². The molecule has 2 N–H and O–H groups in total. The number of methoxy groups -OCH3 is 1. The number of H-pyrrole nitrogens is 2. The summed E-state index contributed by atoms with van der Waals surface area (Å²) in [5.41, 5.74) is 2.92. The van der Waals surface area contributed by atoms with Crippen molar-refractivity contribution in [3.8, 4) is 28.4 Å². The molecule has 0 aliphatic rings. The van der Waals surface area contributed by atoms with Gasteiger partial charge in [-0.15, -0.1) is 10.2 Å². The van der Waals surface area contributed by atoms with Crippen molar-refractivity contribution in [2.24, 2.45) is 0 Å². The first-order valence-electron chi connectivity index (χ1n) is 7.37. The van der Waals surface area contributed by atoms with E-state index in [2.05, 4.69) is 32.5 Å². The summed E-state index contributed by atoms with van der Waals surface area (Å²) >= 11 is 0. The van der Waals surface area contributed by atoms with Crippen LogP contribution in [0.2, 0.25) is 0 Å². The largest absolute Gasteiger partial charge is 0.496 e. The summed E-state index contributed by atoms with van der Waals surface area (Å²) in [6.45, 7) is 2.12. The molecule has 7 heteroatoms. The first kappa shape index (κ1) is 15.0. The van der Waals surface area contributed by atoms with Crippen LogP contribution in [-0.2, 0) is 6.42 Å². The van der Waals surface area contributed by atoms with E-state index in [1.54, 1.807) is 13.2 Å². The van der Waals surface area contributed by atoms with E-state index in [1.807, 2.05) is 24.3 Å². The Morgan fingerprint density at radius 3 is 2.74 bits per heavy atom. The first-order valence-corrected chi connectivity index (χ1v) is 7.37. The van der Waals surface area contributed by atoms with E-state index < -0.39 is 0 Å². The Kier molecular flexibility index (Phi) is 4.18. The van der Waals surface area contributed by atoms with Gasteiger partial charge in [-0.1, -0.05) is 13.3 Å². The van der Waals surface area contributed by atoms with Gasteiger partial charge in [0.2, 0.25) is 5.82 Å². The molecular formula is C16H17N5O2. The Morgan fingerprint density at radius 1 is 1.22 bits per heavy atom. The van der Waals surface area contributed by atoms with Gasteiger partial charge in [-0.3, -0.25) is 4.79 Å². The highest BCUT2D eigenvalue weighted by Crippen LogP contribution is 2.26. The highest BCUT2D eigenvalue weighted by molar-refractivity contribution is 5.64. The van der Waals surface area contributed by atoms with Gasteiger partial charge in [-0.05, 0) is 53.1 Å². The molecule has 0 radical (unpaired) electrons. The molecule has 0 bridgehead atoms. The molecule has 3 rings (SSSR count). The number of hydrogen-bond acceptors (Lipinski definition) is 5. The zero-order valence-corrected chi connectivity index (χ0v) is 13.0. The highest BCUT2D eigenvalue weighted by Gasteiger charge is 2.10. The molecule has 0 fully saturated rings. The Balaban J connectivity index is 2.01. The van der Waals surface area contributed by atoms with Crippen LogP contribution in [0.5, 0.6) is 5.75 Å². The summed E-state index contributed by atoms with van der Waals surface area (Å²) in [5, 5.41) is 13.5. The number of ether oxygens (including phenoxy) is 1. The van der Waals surface area contributed by atoms with Gasteiger partial charge in [-0.25, -0.2) is 0 Å². The Labute approximate surface area is 132 Å². The number of nitrogens with zero attached hydrogens (tertiary/aromatic N) is 3. The van der Waals surface area contributed by atoms with E-state index in [-0.39, 0.29) is 11.4 Å². The average molecular weight is 311 g/mol. The molecular weight excluding hydrogens is 294 g/mol. The second-order valence-electron chi connectivity index (χ2n) is 5.13. The maximum Gasteiger partial charge on any atom is 0.259 e. The molecule has 118 valence electrons. The number of aromatic nitrogens is 5. The first-order chi connectivity index (χ1) is 11.2. The van der Waals surface area contributed by atoms with Crippen LogP contribution in [-0.4, -0.2) is 32.7 Å². The van der Waals surface area contributed by atoms with E-state index in [0.717, 1.165) is 35.4 Å². The fraction of sp³-hybridized carbons (Fsp3) is 0.250. The minimum Gasteiger partial charge on any atom is -0.496 e. The lowest BCUT2D eigenvalue weighted by atomic mass is 10.0. The molecule has 0 spiro atoms. The molecule has 0 saturated heterocycles. The standard InChI is InChI=1S/C16H17N5O2/c1-3-4-11-9-10(5-8-14(11)23-2)13-7-6-12(16(22)17-13)15-18-20-21-19-15/h5-9H,3-4H2,1-2H3,(H,17,22)(H,18,19,20,21). The maximum atomic E-state index is 12.2. The molecule has 23 heavy (non-hydrogen) atoms. The second kappa shape index (κ2) is 6.43. The third-order valence-corrected chi connectivity index (χ3v) is 3.61. The molecule has 0 atom stereocenters. The number of tetrazole rings is 1. The van der Waals surface area contributed by atoms with E-state index in [4.69, 9.17) is 4.74 Å². The van der Waals surface area contributed by atoms with Crippen LogP contribution >= 0.6 is 0 Å². The molecule has 3 aromatic rings. The van der Waals surface area contributed by atoms with Crippen molar-refractivity contribution in [1.29, 1.82) is 0 Å². The van der Waals surface area contributed by atoms with Crippen molar-refractivity contribution in [1.82, 2.24) is 25.6 Å². The van der Waals surface area contributed by atoms with Crippen molar-refractivity contribution in [3.05, 3.63) is 46.2 Å². The van der Waals surface area contributed by atoms with Gasteiger partial charge < -0.3 is 9.72 Å². The van der Waals surface area contributed by atoms with Gasteiger partial charge >= 0.3 is 0 Å². The molecule has 0 amide bonds. The molecule has 0 unspecified atom stereocenters. The van der Waals surface area contributed by atoms with Crippen molar-refractivity contribution in [2.45, 2.75) is 19.8 Å². The number of benzene rings is 1. The third-order valence-electron chi connectivity index (χ3n) is 3.61. The second-order valence-corrected chi connectivity index (χ2v) is 5.13. The summed E-state index contributed by atoms with van der Waals surface area (Å²) in [4.78, 5) is 15.1. The van der Waals surface area contributed by atoms with Gasteiger partial charge in [0.1, 0.15) is 5.75 Å². The topological polar surface area (TPSA) is 96.5 Å². The number of aromatic amines is 2. The highest BCUT2D eigenvalue weighted by atomic mass is 16.5. The molecule has 7 nitrogen and oxygen atoms in total. The SMILES string of the molecule is CCCc1cc(-c2ccc(-c3nn[nH]n3)c(=O)[nH]2)ccc1OC. The summed E-state index contributed by atoms with van der Waals surface area (Å²) in [7, 11) is 1.66. The molecule has 0 aliphatic carbocycles. The minimum absolute atomic E-state index is 0.253. The molecule has 0 saturated carbocycles. The quantitative estimate of drug-likeness (QED) is 0.753. The molecule has 2 aromatic heterocycles. The van der Waals surface area contributed by atoms with Gasteiger partial charge in [0, 0.05) is 5.69 Å². The number of nitrogens with one attached hydrogen (secondary N) is 2. The van der Waals surface area contributed by atoms with Gasteiger partial charge in [0.05, 0.1) is 12.7 Å². The van der Waals surface area contributed by atoms with Crippen LogP contribution in [0.4, 0.5) is 0 Å². The predicted octanol–water partition coefficient (Wildman–Crippen LogP) is 2.18. The number of aryl methyl sites for hydroxylation is 1. The Hall–Kier alpha value is -2.96. The zero-order chi connectivity index (χ0) is 16.2. The molecule has 0 aliphatic heterocycles. The fourth-order valence-electron chi connectivity index (χ4n) is 2.50. The fourth-order valence-corrected chi connectivity index (χ4v) is 2.50. The lowest BCUT2D eigenvalue weighted by Gasteiger charge is -2.10. The van der Waals surface area contributed by atoms with E-state index in [0.29, 0.717) is 5.56 Å². The Morgan fingerprint density at radius 2 is 2.09 bits per heavy atom. The predicted molar refractivity (Wildman–Crippen MR) is 86.2 cm³/mol. The monoisotopic (exact) mass is 311 g/mol. The lowest BCUT2D eigenvalue weighted by molar-refractivity contribution is 0.409. The number of pyridine rings is 1. The van der Waals surface area contributed by atoms with Crippen LogP contribution in [0, 0.1) is 0 Å². The van der Waals surface area contributed by atoms with Crippen molar-refractivity contribution < 1.29 is 4.74 Å². The summed E-state index contributed by atoms with van der Waals surface area (Å²) in [5.74, 6) is 1.14. The molecule has 1 aromatic carbocycles. The third kappa shape index (κ3) is 2.98. The summed E-state index contributed by atoms with van der Waals surface area (Å²) in [6, 6.07) is 9.43. The number of rotatable bonds is 5. The van der Waals surface area contributed by atoms with Crippen LogP contribution in [0.25, 0.3) is 22.6 Å². The van der Waals surface area contributed by atoms with E-state index in [1.165, 1.54) is 0 Å². The summed E-state index contributed by atoms with van der Waals surface area (Å²) < 4.78 is 5.38. The smallest absolute Gasteiger partial charge is 0.259 e. The molecule has 2 heterocycles. The van der Waals surface area contributed by atoms with E-state index in [9.17, 15) is 4.79 Å². The van der Waals surface area contributed by atoms with Crippen LogP contribution in [0.1, 0.15) is 18.9 Å². The van der Waals surface area contributed by atoms with E-state index >= 15 is 0 Å². The lowest BCUT2D eigenvalue weighted by Crippen LogP contribution is -2.10. The van der Waals surface area contributed by atoms with Crippen LogP contribution in [0.3, 0.4) is 0 Å². The van der Waals surface area contributed by atoms with Gasteiger partial charge in [-0.2, -0.15) is 5.21 Å². The van der Waals surface area contributed by atoms with Crippen molar-refractivity contribution in [2.75, 3.05) is 7.11 Å². The summed E-state index contributed by atoms with van der Waals surface area (Å²) in [6.07, 6.45) is 1.94. The number of hydrogen-bond donors (Lipinski definition) is 2. The zero-order valence-electron chi connectivity index (χ0n) is 13.0.